The first-order chi connectivity index (χ1) is 13.0. The number of hydrogen-bond acceptors (Lipinski definition) is 3. The number of hydrogen-bond donors (Lipinski definition) is 0. The van der Waals surface area contributed by atoms with E-state index in [2.05, 4.69) is 9.55 Å². The predicted octanol–water partition coefficient (Wildman–Crippen LogP) is 3.26. The van der Waals surface area contributed by atoms with Gasteiger partial charge < -0.3 is 9.47 Å². The number of rotatable bonds is 6. The summed E-state index contributed by atoms with van der Waals surface area (Å²) in [5, 5.41) is 0. The smallest absolute Gasteiger partial charge is 0.244 e. The van der Waals surface area contributed by atoms with E-state index in [0.717, 1.165) is 50.3 Å². The number of imidazole rings is 1. The highest BCUT2D eigenvalue weighted by atomic mass is 19.1. The minimum Gasteiger partial charge on any atom is -0.341 e. The van der Waals surface area contributed by atoms with Crippen molar-refractivity contribution >= 4 is 5.91 Å². The van der Waals surface area contributed by atoms with Crippen LogP contribution in [0.4, 0.5) is 4.39 Å². The van der Waals surface area contributed by atoms with Crippen LogP contribution in [0.5, 0.6) is 0 Å². The molecule has 1 aromatic heterocycles. The van der Waals surface area contributed by atoms with E-state index in [1.165, 1.54) is 12.1 Å². The van der Waals surface area contributed by atoms with Gasteiger partial charge in [-0.15, -0.1) is 0 Å². The molecule has 2 heterocycles. The Kier molecular flexibility index (Phi) is 6.26. The summed E-state index contributed by atoms with van der Waals surface area (Å²) in [6.45, 7) is 4.59. The maximum atomic E-state index is 13.2. The van der Waals surface area contributed by atoms with Gasteiger partial charge in [-0.05, 0) is 63.9 Å². The second-order valence-corrected chi connectivity index (χ2v) is 7.64. The minimum atomic E-state index is -0.365. The summed E-state index contributed by atoms with van der Waals surface area (Å²) < 4.78 is 15.4. The Hall–Kier alpha value is -2.21. The molecule has 3 rings (SSSR count). The molecule has 0 aliphatic carbocycles. The molecule has 5 nitrogen and oxygen atoms in total. The molecular weight excluding hydrogens is 343 g/mol. The predicted molar refractivity (Wildman–Crippen MR) is 104 cm³/mol. The van der Waals surface area contributed by atoms with E-state index in [-0.39, 0.29) is 17.8 Å². The Morgan fingerprint density at radius 2 is 1.93 bits per heavy atom. The fourth-order valence-corrected chi connectivity index (χ4v) is 3.88. The molecule has 0 saturated carbocycles. The summed E-state index contributed by atoms with van der Waals surface area (Å²) in [7, 11) is 3.79. The molecule has 0 radical (unpaired) electrons. The lowest BCUT2D eigenvalue weighted by atomic mass is 9.92. The molecular formula is C21H29FN4O. The van der Waals surface area contributed by atoms with Crippen molar-refractivity contribution in [3.63, 3.8) is 0 Å². The molecule has 1 aliphatic rings. The Morgan fingerprint density at radius 1 is 1.26 bits per heavy atom. The Bertz CT molecular complexity index is 748. The van der Waals surface area contributed by atoms with Gasteiger partial charge in [0.1, 0.15) is 17.7 Å². The van der Waals surface area contributed by atoms with Gasteiger partial charge in [-0.1, -0.05) is 12.1 Å². The van der Waals surface area contributed by atoms with E-state index < -0.39 is 0 Å². The second-order valence-electron chi connectivity index (χ2n) is 7.64. The molecule has 2 aromatic rings. The van der Waals surface area contributed by atoms with Crippen LogP contribution in [0.15, 0.2) is 36.7 Å². The quantitative estimate of drug-likeness (QED) is 0.782. The van der Waals surface area contributed by atoms with Crippen molar-refractivity contribution in [2.45, 2.75) is 38.8 Å². The average Bonchev–Trinajstić information content (AvgIpc) is 3.07. The van der Waals surface area contributed by atoms with Gasteiger partial charge in [0.15, 0.2) is 0 Å². The fourth-order valence-electron chi connectivity index (χ4n) is 3.88. The molecule has 1 atom stereocenters. The summed E-state index contributed by atoms with van der Waals surface area (Å²) in [6.07, 6.45) is 7.05. The standard InChI is InChI=1S/C21H29FN4O/c1-16-23-11-15-25(16)12-8-17-9-13-26(14-10-17)21(27)20(24(2)3)18-4-6-19(22)7-5-18/h4-7,11,15,17,20H,8-10,12-14H2,1-3H3/t20-/m0/s1. The Balaban J connectivity index is 1.56. The van der Waals surface area contributed by atoms with Crippen LogP contribution in [-0.4, -0.2) is 52.4 Å². The van der Waals surface area contributed by atoms with Gasteiger partial charge in [-0.2, -0.15) is 0 Å². The minimum absolute atomic E-state index is 0.107. The topological polar surface area (TPSA) is 41.4 Å². The van der Waals surface area contributed by atoms with Gasteiger partial charge in [-0.3, -0.25) is 9.69 Å². The summed E-state index contributed by atoms with van der Waals surface area (Å²) >= 11 is 0. The summed E-state index contributed by atoms with van der Waals surface area (Å²) in [5.74, 6) is 1.52. The molecule has 1 saturated heterocycles. The lowest BCUT2D eigenvalue weighted by Gasteiger charge is -2.36. The van der Waals surface area contributed by atoms with E-state index in [0.29, 0.717) is 5.92 Å². The first kappa shape index (κ1) is 19.5. The zero-order valence-electron chi connectivity index (χ0n) is 16.4. The van der Waals surface area contributed by atoms with E-state index in [1.807, 2.05) is 43.2 Å². The van der Waals surface area contributed by atoms with Gasteiger partial charge in [0.2, 0.25) is 5.91 Å². The van der Waals surface area contributed by atoms with Crippen molar-refractivity contribution in [1.29, 1.82) is 0 Å². The van der Waals surface area contributed by atoms with E-state index in [9.17, 15) is 9.18 Å². The van der Waals surface area contributed by atoms with Gasteiger partial charge in [0.25, 0.3) is 0 Å². The van der Waals surface area contributed by atoms with Gasteiger partial charge in [0, 0.05) is 32.0 Å². The van der Waals surface area contributed by atoms with E-state index in [4.69, 9.17) is 0 Å². The van der Waals surface area contributed by atoms with Crippen LogP contribution in [0.25, 0.3) is 0 Å². The number of likely N-dealkylation sites (tertiary alicyclic amines) is 1. The lowest BCUT2D eigenvalue weighted by Crippen LogP contribution is -2.44. The number of piperidine rings is 1. The average molecular weight is 372 g/mol. The largest absolute Gasteiger partial charge is 0.341 e. The van der Waals surface area contributed by atoms with Crippen molar-refractivity contribution in [3.8, 4) is 0 Å². The van der Waals surface area contributed by atoms with Crippen molar-refractivity contribution in [2.75, 3.05) is 27.2 Å². The molecule has 1 aromatic carbocycles. The zero-order chi connectivity index (χ0) is 19.4. The third kappa shape index (κ3) is 4.75. The lowest BCUT2D eigenvalue weighted by molar-refractivity contribution is -0.137. The highest BCUT2D eigenvalue weighted by Crippen LogP contribution is 2.26. The Labute approximate surface area is 160 Å². The molecule has 0 unspecified atom stereocenters. The van der Waals surface area contributed by atoms with Crippen molar-refractivity contribution < 1.29 is 9.18 Å². The van der Waals surface area contributed by atoms with Gasteiger partial charge >= 0.3 is 0 Å². The number of aryl methyl sites for hydroxylation is 2. The SMILES string of the molecule is Cc1nccn1CCC1CCN(C(=O)[C@H](c2ccc(F)cc2)N(C)C)CC1. The van der Waals surface area contributed by atoms with Crippen LogP contribution in [0.1, 0.15) is 36.7 Å². The third-order valence-electron chi connectivity index (χ3n) is 5.56. The summed E-state index contributed by atoms with van der Waals surface area (Å²) in [5.41, 5.74) is 0.837. The maximum absolute atomic E-state index is 13.2. The first-order valence-electron chi connectivity index (χ1n) is 9.64. The van der Waals surface area contributed by atoms with E-state index in [1.54, 1.807) is 12.1 Å². The molecule has 0 N–H and O–H groups in total. The number of carbonyl (C=O) groups is 1. The highest BCUT2D eigenvalue weighted by molar-refractivity contribution is 5.83. The monoisotopic (exact) mass is 372 g/mol. The second kappa shape index (κ2) is 8.65. The van der Waals surface area contributed by atoms with Crippen LogP contribution in [0.3, 0.4) is 0 Å². The number of benzene rings is 1. The molecule has 6 heteroatoms. The molecule has 0 bridgehead atoms. The molecule has 0 spiro atoms. The maximum Gasteiger partial charge on any atom is 0.244 e. The number of aromatic nitrogens is 2. The molecule has 1 fully saturated rings. The Morgan fingerprint density at radius 3 is 2.48 bits per heavy atom. The van der Waals surface area contributed by atoms with Crippen molar-refractivity contribution in [2.24, 2.45) is 5.92 Å². The molecule has 1 amide bonds. The van der Waals surface area contributed by atoms with E-state index >= 15 is 0 Å². The number of halogens is 1. The number of carbonyl (C=O) groups excluding carboxylic acids is 1. The number of likely N-dealkylation sites (N-methyl/N-ethyl adjacent to an activating group) is 1. The van der Waals surface area contributed by atoms with Crippen LogP contribution < -0.4 is 0 Å². The normalized spacial score (nSPS) is 16.7. The third-order valence-corrected chi connectivity index (χ3v) is 5.56. The molecule has 1 aliphatic heterocycles. The molecule has 27 heavy (non-hydrogen) atoms. The van der Waals surface area contributed by atoms with Gasteiger partial charge in [-0.25, -0.2) is 9.37 Å². The van der Waals surface area contributed by atoms with Crippen LogP contribution >= 0.6 is 0 Å². The first-order valence-corrected chi connectivity index (χ1v) is 9.64. The van der Waals surface area contributed by atoms with Gasteiger partial charge in [0.05, 0.1) is 0 Å². The number of nitrogens with zero attached hydrogens (tertiary/aromatic N) is 4. The van der Waals surface area contributed by atoms with Crippen LogP contribution in [0.2, 0.25) is 0 Å². The van der Waals surface area contributed by atoms with Crippen LogP contribution in [-0.2, 0) is 11.3 Å². The fraction of sp³-hybridized carbons (Fsp3) is 0.524. The van der Waals surface area contributed by atoms with Crippen molar-refractivity contribution in [1.82, 2.24) is 19.4 Å². The van der Waals surface area contributed by atoms with Crippen molar-refractivity contribution in [3.05, 3.63) is 53.9 Å². The molecule has 146 valence electrons. The number of amides is 1. The highest BCUT2D eigenvalue weighted by Gasteiger charge is 2.30. The van der Waals surface area contributed by atoms with Crippen LogP contribution in [0, 0.1) is 18.7 Å². The summed E-state index contributed by atoms with van der Waals surface area (Å²) in [4.78, 5) is 21.2. The summed E-state index contributed by atoms with van der Waals surface area (Å²) in [6, 6.07) is 5.89. The zero-order valence-corrected chi connectivity index (χ0v) is 16.4.